The first kappa shape index (κ1) is 11.6. The molecule has 1 aliphatic carbocycles. The van der Waals surface area contributed by atoms with Crippen molar-refractivity contribution in [2.75, 3.05) is 0 Å². The van der Waals surface area contributed by atoms with Crippen molar-refractivity contribution < 1.29 is 0 Å². The Balaban J connectivity index is 2.05. The molecule has 0 saturated carbocycles. The van der Waals surface area contributed by atoms with Crippen molar-refractivity contribution in [3.63, 3.8) is 0 Å². The molecule has 0 aliphatic heterocycles. The molecule has 0 nitrogen and oxygen atoms in total. The molecule has 0 unspecified atom stereocenters. The van der Waals surface area contributed by atoms with Crippen molar-refractivity contribution in [2.24, 2.45) is 0 Å². The molecule has 0 heterocycles. The maximum atomic E-state index is 2.32. The molecule has 0 amide bonds. The Hall–Kier alpha value is -1.52. The third-order valence-corrected chi connectivity index (χ3v) is 8.39. The number of hydrogen-bond acceptors (Lipinski definition) is 0. The van der Waals surface area contributed by atoms with Gasteiger partial charge in [-0.1, -0.05) is 0 Å². The summed E-state index contributed by atoms with van der Waals surface area (Å²) in [4.78, 5) is 0. The van der Waals surface area contributed by atoms with E-state index in [-0.39, 0.29) is 0 Å². The molecule has 0 N–H and O–H groups in total. The van der Waals surface area contributed by atoms with Gasteiger partial charge in [0, 0.05) is 0 Å². The van der Waals surface area contributed by atoms with Crippen molar-refractivity contribution >= 4 is 23.4 Å². The second kappa shape index (κ2) is 5.42. The zero-order valence-corrected chi connectivity index (χ0v) is 12.0. The van der Waals surface area contributed by atoms with E-state index in [1.54, 1.807) is 4.36 Å². The van der Waals surface area contributed by atoms with Crippen molar-refractivity contribution in [2.45, 2.75) is 6.42 Å². The Morgan fingerprint density at radius 1 is 0.722 bits per heavy atom. The zero-order chi connectivity index (χ0) is 12.2. The van der Waals surface area contributed by atoms with Gasteiger partial charge >= 0.3 is 113 Å². The molecule has 0 aromatic heterocycles. The predicted molar refractivity (Wildman–Crippen MR) is 79.7 cm³/mol. The van der Waals surface area contributed by atoms with E-state index in [1.807, 2.05) is 0 Å². The Morgan fingerprint density at radius 2 is 1.28 bits per heavy atom. The van der Waals surface area contributed by atoms with E-state index in [9.17, 15) is 0 Å². The van der Waals surface area contributed by atoms with Gasteiger partial charge in [0.15, 0.2) is 0 Å². The molecule has 3 rings (SSSR count). The zero-order valence-electron chi connectivity index (χ0n) is 10.2. The van der Waals surface area contributed by atoms with Crippen molar-refractivity contribution in [3.8, 4) is 0 Å². The summed E-state index contributed by atoms with van der Waals surface area (Å²) in [5.41, 5.74) is 0. The van der Waals surface area contributed by atoms with E-state index in [4.69, 9.17) is 0 Å². The summed E-state index contributed by atoms with van der Waals surface area (Å²) in [6, 6.07) is 22.0. The van der Waals surface area contributed by atoms with Gasteiger partial charge in [-0.15, -0.1) is 0 Å². The monoisotopic (exact) mass is 294 g/mol. The SMILES string of the molecule is C1=CCC([As](c2ccccc2)c2ccccc2)=C1. The summed E-state index contributed by atoms with van der Waals surface area (Å²) in [7, 11) is 0. The first-order valence-corrected chi connectivity index (χ1v) is 9.02. The van der Waals surface area contributed by atoms with Crippen LogP contribution in [0.3, 0.4) is 0 Å². The van der Waals surface area contributed by atoms with Crippen LogP contribution in [0, 0.1) is 0 Å². The quantitative estimate of drug-likeness (QED) is 0.764. The van der Waals surface area contributed by atoms with E-state index >= 15 is 0 Å². The van der Waals surface area contributed by atoms with Crippen LogP contribution in [0.4, 0.5) is 0 Å². The molecule has 18 heavy (non-hydrogen) atoms. The topological polar surface area (TPSA) is 0 Å². The summed E-state index contributed by atoms with van der Waals surface area (Å²) in [5, 5.41) is 0. The second-order valence-electron chi connectivity index (χ2n) is 4.30. The van der Waals surface area contributed by atoms with Gasteiger partial charge in [0.2, 0.25) is 0 Å². The molecule has 2 aromatic rings. The van der Waals surface area contributed by atoms with E-state index < -0.39 is 14.7 Å². The molecule has 88 valence electrons. The molecule has 0 fully saturated rings. The molecule has 1 heteroatoms. The molecule has 1 aliphatic rings. The van der Waals surface area contributed by atoms with Gasteiger partial charge in [0.05, 0.1) is 0 Å². The van der Waals surface area contributed by atoms with Crippen LogP contribution in [0.15, 0.2) is 83.3 Å². The molecular formula is C17H15As. The maximum absolute atomic E-state index is 2.32. The van der Waals surface area contributed by atoms with Gasteiger partial charge in [-0.3, -0.25) is 0 Å². The van der Waals surface area contributed by atoms with Gasteiger partial charge in [0.1, 0.15) is 0 Å². The van der Waals surface area contributed by atoms with Gasteiger partial charge < -0.3 is 0 Å². The van der Waals surface area contributed by atoms with Gasteiger partial charge in [-0.2, -0.15) is 0 Å². The Kier molecular flexibility index (Phi) is 3.48. The third kappa shape index (κ3) is 2.35. The second-order valence-corrected chi connectivity index (χ2v) is 9.08. The van der Waals surface area contributed by atoms with Crippen LogP contribution in [0.25, 0.3) is 0 Å². The van der Waals surface area contributed by atoms with E-state index in [1.165, 1.54) is 8.70 Å². The normalized spacial score (nSPS) is 13.9. The van der Waals surface area contributed by atoms with E-state index in [0.29, 0.717) is 0 Å². The van der Waals surface area contributed by atoms with Crippen molar-refractivity contribution in [3.05, 3.63) is 83.3 Å². The van der Waals surface area contributed by atoms with Crippen LogP contribution in [-0.4, -0.2) is 14.7 Å². The van der Waals surface area contributed by atoms with E-state index in [0.717, 1.165) is 6.42 Å². The summed E-state index contributed by atoms with van der Waals surface area (Å²) in [6.45, 7) is 0. The number of hydrogen-bond donors (Lipinski definition) is 0. The fraction of sp³-hybridized carbons (Fsp3) is 0.0588. The molecular weight excluding hydrogens is 279 g/mol. The van der Waals surface area contributed by atoms with Gasteiger partial charge in [-0.05, 0) is 0 Å². The first-order valence-electron chi connectivity index (χ1n) is 6.21. The van der Waals surface area contributed by atoms with E-state index in [2.05, 4.69) is 78.9 Å². The van der Waals surface area contributed by atoms with Crippen molar-refractivity contribution in [1.82, 2.24) is 0 Å². The minimum absolute atomic E-state index is 1.13. The summed E-state index contributed by atoms with van der Waals surface area (Å²) in [5.74, 6) is 0. The predicted octanol–water partition coefficient (Wildman–Crippen LogP) is 2.72. The number of rotatable bonds is 3. The summed E-state index contributed by atoms with van der Waals surface area (Å²) >= 11 is -1.28. The number of allylic oxidation sites excluding steroid dienone is 4. The molecule has 0 atom stereocenters. The molecule has 2 aromatic carbocycles. The van der Waals surface area contributed by atoms with Gasteiger partial charge in [-0.25, -0.2) is 0 Å². The Morgan fingerprint density at radius 3 is 1.72 bits per heavy atom. The fourth-order valence-corrected chi connectivity index (χ4v) is 7.32. The standard InChI is InChI=1S/C17H15As/c1-3-9-15(10-4-1)18(17-13-7-8-14-17)16-11-5-2-6-12-16/h1-13H,14H2. The van der Waals surface area contributed by atoms with Crippen LogP contribution in [-0.2, 0) is 0 Å². The number of benzene rings is 2. The average molecular weight is 294 g/mol. The van der Waals surface area contributed by atoms with Crippen LogP contribution in [0.1, 0.15) is 6.42 Å². The van der Waals surface area contributed by atoms with Gasteiger partial charge in [0.25, 0.3) is 0 Å². The fourth-order valence-electron chi connectivity index (χ4n) is 2.24. The summed E-state index contributed by atoms with van der Waals surface area (Å²) in [6.07, 6.45) is 7.91. The van der Waals surface area contributed by atoms with Crippen LogP contribution >= 0.6 is 0 Å². The molecule has 0 saturated heterocycles. The Labute approximate surface area is 113 Å². The van der Waals surface area contributed by atoms with Crippen molar-refractivity contribution in [1.29, 1.82) is 0 Å². The third-order valence-electron chi connectivity index (χ3n) is 3.07. The molecule has 0 bridgehead atoms. The van der Waals surface area contributed by atoms with Crippen LogP contribution < -0.4 is 8.70 Å². The molecule has 0 spiro atoms. The van der Waals surface area contributed by atoms with Crippen LogP contribution in [0.5, 0.6) is 0 Å². The summed E-state index contributed by atoms with van der Waals surface area (Å²) < 4.78 is 4.66. The first-order chi connectivity index (χ1) is 8.95. The van der Waals surface area contributed by atoms with Crippen LogP contribution in [0.2, 0.25) is 0 Å². The minimum atomic E-state index is -1.28. The average Bonchev–Trinajstić information content (AvgIpc) is 2.95. The Bertz CT molecular complexity index is 528. The molecule has 0 radical (unpaired) electrons.